The number of amides is 1. The van der Waals surface area contributed by atoms with Gasteiger partial charge in [0, 0.05) is 37.3 Å². The highest BCUT2D eigenvalue weighted by Gasteiger charge is 2.26. The number of hydrogen-bond acceptors (Lipinski definition) is 9. The number of rotatable bonds is 9. The van der Waals surface area contributed by atoms with E-state index in [1.807, 2.05) is 0 Å². The van der Waals surface area contributed by atoms with E-state index in [-0.39, 0.29) is 60.2 Å². The summed E-state index contributed by atoms with van der Waals surface area (Å²) in [5.41, 5.74) is 0.808. The molecule has 2 aromatic heterocycles. The number of carbonyl (C=O) groups excluding carboxylic acids is 1. The third kappa shape index (κ3) is 5.61. The molecule has 1 N–H and O–H groups in total. The van der Waals surface area contributed by atoms with Gasteiger partial charge in [-0.1, -0.05) is 12.1 Å². The molecule has 0 unspecified atom stereocenters. The van der Waals surface area contributed by atoms with Gasteiger partial charge in [0.05, 0.1) is 42.3 Å². The number of benzene rings is 2. The highest BCUT2D eigenvalue weighted by Crippen LogP contribution is 2.18. The van der Waals surface area contributed by atoms with E-state index in [9.17, 15) is 28.1 Å². The fourth-order valence-electron chi connectivity index (χ4n) is 4.33. The first-order chi connectivity index (χ1) is 19.2. The second kappa shape index (κ2) is 11.3. The summed E-state index contributed by atoms with van der Waals surface area (Å²) in [6.07, 6.45) is 2.75. The zero-order chi connectivity index (χ0) is 28.3. The zero-order valence-corrected chi connectivity index (χ0v) is 22.0. The summed E-state index contributed by atoms with van der Waals surface area (Å²) in [5, 5.41) is 18.3. The van der Waals surface area contributed by atoms with Crippen molar-refractivity contribution in [3.63, 3.8) is 0 Å². The molecule has 40 heavy (non-hydrogen) atoms. The molecule has 3 heterocycles. The number of non-ortho nitro benzene ring substituents is 1. The summed E-state index contributed by atoms with van der Waals surface area (Å²) >= 11 is 0. The number of nitro groups is 1. The zero-order valence-electron chi connectivity index (χ0n) is 21.2. The average molecular weight is 568 g/mol. The van der Waals surface area contributed by atoms with Crippen LogP contribution in [-0.4, -0.2) is 75.7 Å². The Morgan fingerprint density at radius 1 is 1.12 bits per heavy atom. The summed E-state index contributed by atoms with van der Waals surface area (Å²) in [5.74, 6) is -0.390. The average Bonchev–Trinajstić information content (AvgIpc) is 3.38. The van der Waals surface area contributed by atoms with Gasteiger partial charge in [-0.3, -0.25) is 24.3 Å². The van der Waals surface area contributed by atoms with E-state index in [4.69, 9.17) is 4.74 Å². The van der Waals surface area contributed by atoms with Gasteiger partial charge in [0.2, 0.25) is 10.0 Å². The van der Waals surface area contributed by atoms with Crippen LogP contribution in [0, 0.1) is 10.1 Å². The molecule has 1 amide bonds. The number of nitrogens with one attached hydrogen (secondary N) is 1. The van der Waals surface area contributed by atoms with Crippen molar-refractivity contribution in [1.82, 2.24) is 29.0 Å². The van der Waals surface area contributed by atoms with E-state index in [0.717, 1.165) is 0 Å². The van der Waals surface area contributed by atoms with Crippen LogP contribution in [0.3, 0.4) is 0 Å². The molecule has 15 heteroatoms. The lowest BCUT2D eigenvalue weighted by Crippen LogP contribution is -2.40. The first kappa shape index (κ1) is 27.1. The second-order valence-electron chi connectivity index (χ2n) is 9.01. The van der Waals surface area contributed by atoms with E-state index in [2.05, 4.69) is 15.4 Å². The van der Waals surface area contributed by atoms with Crippen molar-refractivity contribution >= 4 is 32.7 Å². The number of nitrogens with zero attached hydrogens (tertiary/aromatic N) is 6. The molecule has 0 saturated carbocycles. The van der Waals surface area contributed by atoms with Crippen LogP contribution in [0.25, 0.3) is 11.0 Å². The number of fused-ring (bicyclic) bond motifs is 1. The predicted octanol–water partition coefficient (Wildman–Crippen LogP) is 1.00. The van der Waals surface area contributed by atoms with Gasteiger partial charge in [0.25, 0.3) is 17.2 Å². The van der Waals surface area contributed by atoms with E-state index in [1.165, 1.54) is 62.5 Å². The van der Waals surface area contributed by atoms with Crippen LogP contribution in [-0.2, 0) is 27.8 Å². The van der Waals surface area contributed by atoms with Gasteiger partial charge in [-0.25, -0.2) is 18.1 Å². The van der Waals surface area contributed by atoms with Crippen molar-refractivity contribution < 1.29 is 22.9 Å². The topological polar surface area (TPSA) is 172 Å². The van der Waals surface area contributed by atoms with Gasteiger partial charge in [-0.05, 0) is 29.8 Å². The summed E-state index contributed by atoms with van der Waals surface area (Å²) < 4.78 is 34.9. The molecular weight excluding hydrogens is 542 g/mol. The van der Waals surface area contributed by atoms with Crippen LogP contribution in [0.15, 0.2) is 70.7 Å². The minimum atomic E-state index is -3.65. The van der Waals surface area contributed by atoms with Crippen molar-refractivity contribution in [2.24, 2.45) is 0 Å². The largest absolute Gasteiger partial charge is 0.379 e. The number of hydrogen-bond donors (Lipinski definition) is 1. The number of sulfonamides is 1. The Hall–Kier alpha value is -4.47. The molecule has 1 aliphatic heterocycles. The van der Waals surface area contributed by atoms with Crippen molar-refractivity contribution in [1.29, 1.82) is 0 Å². The molecule has 1 fully saturated rings. The molecule has 0 atom stereocenters. The predicted molar refractivity (Wildman–Crippen MR) is 142 cm³/mol. The van der Waals surface area contributed by atoms with Crippen molar-refractivity contribution in [3.05, 3.63) is 92.7 Å². The Morgan fingerprint density at radius 3 is 2.60 bits per heavy atom. The Kier molecular flexibility index (Phi) is 7.68. The number of morpholine rings is 1. The minimum Gasteiger partial charge on any atom is -0.379 e. The maximum absolute atomic E-state index is 12.9. The molecule has 2 aromatic carbocycles. The molecule has 14 nitrogen and oxygen atoms in total. The molecule has 1 aliphatic rings. The Balaban J connectivity index is 1.21. The monoisotopic (exact) mass is 567 g/mol. The van der Waals surface area contributed by atoms with E-state index >= 15 is 0 Å². The van der Waals surface area contributed by atoms with Crippen molar-refractivity contribution in [2.75, 3.05) is 32.8 Å². The normalized spacial score (nSPS) is 14.3. The lowest BCUT2D eigenvalue weighted by Gasteiger charge is -2.26. The molecule has 0 bridgehead atoms. The highest BCUT2D eigenvalue weighted by molar-refractivity contribution is 7.89. The van der Waals surface area contributed by atoms with E-state index in [1.54, 1.807) is 12.1 Å². The fourth-order valence-corrected chi connectivity index (χ4v) is 5.74. The minimum absolute atomic E-state index is 0.0663. The van der Waals surface area contributed by atoms with Crippen LogP contribution < -0.4 is 10.9 Å². The summed E-state index contributed by atoms with van der Waals surface area (Å²) in [6, 6.07) is 11.7. The maximum Gasteiger partial charge on any atom is 0.269 e. The number of ether oxygens (including phenoxy) is 1. The lowest BCUT2D eigenvalue weighted by atomic mass is 10.2. The summed E-state index contributed by atoms with van der Waals surface area (Å²) in [4.78, 5) is 40.5. The lowest BCUT2D eigenvalue weighted by molar-refractivity contribution is -0.384. The highest BCUT2D eigenvalue weighted by atomic mass is 32.2. The molecule has 0 radical (unpaired) electrons. The molecule has 4 aromatic rings. The van der Waals surface area contributed by atoms with Crippen molar-refractivity contribution in [2.45, 2.75) is 18.0 Å². The van der Waals surface area contributed by atoms with Crippen LogP contribution in [0.1, 0.15) is 15.9 Å². The van der Waals surface area contributed by atoms with E-state index in [0.29, 0.717) is 30.0 Å². The van der Waals surface area contributed by atoms with Gasteiger partial charge >= 0.3 is 0 Å². The van der Waals surface area contributed by atoms with Crippen LogP contribution in [0.2, 0.25) is 0 Å². The van der Waals surface area contributed by atoms with Gasteiger partial charge in [0.15, 0.2) is 5.65 Å². The third-order valence-electron chi connectivity index (χ3n) is 6.43. The standard InChI is InChI=1S/C25H25N7O7S/c33-24(19-4-6-21(7-5-19)40(37,38)30-10-12-39-13-11-30)26-8-9-31-23-22(15-28-31)25(34)29(17-27-23)16-18-2-1-3-20(14-18)32(35)36/h1-7,14-15,17H,8-13,16H2,(H,26,33). The first-order valence-electron chi connectivity index (χ1n) is 12.3. The SMILES string of the molecule is O=C(NCCn1ncc2c(=O)n(Cc3cccc([N+](=O)[O-])c3)cnc21)c1ccc(S(=O)(=O)N2CCOCC2)cc1. The Labute approximate surface area is 228 Å². The van der Waals surface area contributed by atoms with Gasteiger partial charge < -0.3 is 10.1 Å². The smallest absolute Gasteiger partial charge is 0.269 e. The number of aromatic nitrogens is 4. The molecule has 1 saturated heterocycles. The quantitative estimate of drug-likeness (QED) is 0.229. The second-order valence-corrected chi connectivity index (χ2v) is 10.9. The maximum atomic E-state index is 12.9. The van der Waals surface area contributed by atoms with Gasteiger partial charge in [-0.2, -0.15) is 9.40 Å². The first-order valence-corrected chi connectivity index (χ1v) is 13.8. The summed E-state index contributed by atoms with van der Waals surface area (Å²) in [6.45, 7) is 1.79. The molecule has 0 spiro atoms. The van der Waals surface area contributed by atoms with Gasteiger partial charge in [-0.15, -0.1) is 0 Å². The molecular formula is C25H25N7O7S. The van der Waals surface area contributed by atoms with Gasteiger partial charge in [0.1, 0.15) is 11.7 Å². The molecule has 208 valence electrons. The molecule has 0 aliphatic carbocycles. The molecule has 5 rings (SSSR count). The Morgan fingerprint density at radius 2 is 1.88 bits per heavy atom. The third-order valence-corrected chi connectivity index (χ3v) is 8.34. The number of nitro benzene ring substituents is 1. The van der Waals surface area contributed by atoms with Crippen LogP contribution in [0.5, 0.6) is 0 Å². The van der Waals surface area contributed by atoms with Crippen LogP contribution >= 0.6 is 0 Å². The van der Waals surface area contributed by atoms with E-state index < -0.39 is 14.9 Å². The summed E-state index contributed by atoms with van der Waals surface area (Å²) in [7, 11) is -3.65. The Bertz CT molecular complexity index is 1730. The van der Waals surface area contributed by atoms with Crippen molar-refractivity contribution in [3.8, 4) is 0 Å². The number of carbonyl (C=O) groups is 1. The fraction of sp³-hybridized carbons (Fsp3) is 0.280. The van der Waals surface area contributed by atoms with Crippen LogP contribution in [0.4, 0.5) is 5.69 Å².